The van der Waals surface area contributed by atoms with Crippen molar-refractivity contribution in [3.05, 3.63) is 29.6 Å². The van der Waals surface area contributed by atoms with Crippen LogP contribution in [0.3, 0.4) is 0 Å². The van der Waals surface area contributed by atoms with E-state index in [9.17, 15) is 4.79 Å². The summed E-state index contributed by atoms with van der Waals surface area (Å²) in [4.78, 5) is 18.0. The number of aromatic nitrogens is 1. The van der Waals surface area contributed by atoms with Crippen molar-refractivity contribution in [3.8, 4) is 0 Å². The molecule has 1 aromatic rings. The Bertz CT molecular complexity index is 436. The summed E-state index contributed by atoms with van der Waals surface area (Å²) in [5.41, 5.74) is 7.42. The summed E-state index contributed by atoms with van der Waals surface area (Å²) >= 11 is 0. The van der Waals surface area contributed by atoms with E-state index in [1.165, 1.54) is 5.56 Å². The van der Waals surface area contributed by atoms with Gasteiger partial charge in [0.05, 0.1) is 17.8 Å². The van der Waals surface area contributed by atoms with Gasteiger partial charge in [0.1, 0.15) is 0 Å². The van der Waals surface area contributed by atoms with Crippen LogP contribution in [0, 0.1) is 0 Å². The molecule has 20 heavy (non-hydrogen) atoms. The zero-order valence-electron chi connectivity index (χ0n) is 13.3. The number of hydrogen-bond donors (Lipinski definition) is 1. The lowest BCUT2D eigenvalue weighted by molar-refractivity contribution is -0.132. The van der Waals surface area contributed by atoms with Gasteiger partial charge in [-0.15, -0.1) is 0 Å². The molecule has 0 aromatic carbocycles. The van der Waals surface area contributed by atoms with Crippen LogP contribution in [0.1, 0.15) is 57.7 Å². The van der Waals surface area contributed by atoms with Gasteiger partial charge >= 0.3 is 0 Å². The highest BCUT2D eigenvalue weighted by Crippen LogP contribution is 2.34. The second kappa shape index (κ2) is 6.84. The number of rotatable bonds is 4. The highest BCUT2D eigenvalue weighted by molar-refractivity contribution is 5.88. The number of carbonyl (C=O) groups is 1. The molecule has 4 nitrogen and oxygen atoms in total. The first-order valence-corrected chi connectivity index (χ1v) is 7.42. The predicted molar refractivity (Wildman–Crippen MR) is 82.3 cm³/mol. The molecule has 0 aliphatic heterocycles. The fourth-order valence-corrected chi connectivity index (χ4v) is 1.91. The van der Waals surface area contributed by atoms with Gasteiger partial charge in [-0.3, -0.25) is 9.78 Å². The summed E-state index contributed by atoms with van der Waals surface area (Å²) in [6.45, 7) is 8.80. The van der Waals surface area contributed by atoms with Crippen molar-refractivity contribution < 1.29 is 4.79 Å². The van der Waals surface area contributed by atoms with E-state index < -0.39 is 5.54 Å². The first-order valence-electron chi connectivity index (χ1n) is 7.42. The maximum atomic E-state index is 12.0. The van der Waals surface area contributed by atoms with E-state index in [1.54, 1.807) is 11.9 Å². The van der Waals surface area contributed by atoms with Crippen LogP contribution < -0.4 is 5.73 Å². The smallest absolute Gasteiger partial charge is 0.242 e. The lowest BCUT2D eigenvalue weighted by atomic mass is 10.1. The van der Waals surface area contributed by atoms with Gasteiger partial charge in [-0.05, 0) is 30.4 Å². The monoisotopic (exact) mass is 277 g/mol. The fourth-order valence-electron chi connectivity index (χ4n) is 1.91. The molecule has 1 heterocycles. The van der Waals surface area contributed by atoms with E-state index in [1.807, 2.05) is 26.1 Å². The molecule has 1 amide bonds. The van der Waals surface area contributed by atoms with E-state index >= 15 is 0 Å². The van der Waals surface area contributed by atoms with Crippen molar-refractivity contribution in [1.29, 1.82) is 0 Å². The Hall–Kier alpha value is -1.42. The fraction of sp³-hybridized carbons (Fsp3) is 0.625. The maximum absolute atomic E-state index is 12.0. The van der Waals surface area contributed by atoms with Gasteiger partial charge in [0.15, 0.2) is 0 Å². The maximum Gasteiger partial charge on any atom is 0.242 e. The lowest BCUT2D eigenvalue weighted by Gasteiger charge is -2.20. The topological polar surface area (TPSA) is 59.2 Å². The van der Waals surface area contributed by atoms with E-state index in [4.69, 9.17) is 5.73 Å². The molecule has 0 saturated heterocycles. The summed E-state index contributed by atoms with van der Waals surface area (Å²) in [6.07, 6.45) is 3.49. The van der Waals surface area contributed by atoms with E-state index in [0.29, 0.717) is 12.5 Å². The Morgan fingerprint density at radius 3 is 2.40 bits per heavy atom. The van der Waals surface area contributed by atoms with Gasteiger partial charge in [-0.1, -0.05) is 33.8 Å². The molecule has 0 spiro atoms. The molecule has 112 valence electrons. The molecule has 1 saturated carbocycles. The third kappa shape index (κ3) is 4.04. The van der Waals surface area contributed by atoms with Gasteiger partial charge in [0, 0.05) is 13.2 Å². The summed E-state index contributed by atoms with van der Waals surface area (Å²) < 4.78 is 0. The Kier molecular flexibility index (Phi) is 5.69. The molecule has 4 heteroatoms. The lowest BCUT2D eigenvalue weighted by Crippen LogP contribution is -2.43. The van der Waals surface area contributed by atoms with E-state index in [0.717, 1.165) is 18.5 Å². The number of carbonyl (C=O) groups excluding carboxylic acids is 1. The Morgan fingerprint density at radius 2 is 2.00 bits per heavy atom. The number of nitrogens with two attached hydrogens (primary N) is 1. The second-order valence-electron chi connectivity index (χ2n) is 5.55. The van der Waals surface area contributed by atoms with Crippen LogP contribution in [-0.2, 0) is 11.3 Å². The number of hydrogen-bond acceptors (Lipinski definition) is 3. The molecule has 2 N–H and O–H groups in total. The number of nitrogens with zero attached hydrogens (tertiary/aromatic N) is 2. The van der Waals surface area contributed by atoms with Crippen LogP contribution in [-0.4, -0.2) is 28.4 Å². The molecule has 1 aromatic heterocycles. The molecular formula is C16H27N3O. The minimum atomic E-state index is -0.591. The van der Waals surface area contributed by atoms with Crippen LogP contribution in [0.4, 0.5) is 0 Å². The molecule has 0 atom stereocenters. The quantitative estimate of drug-likeness (QED) is 0.920. The van der Waals surface area contributed by atoms with Crippen molar-refractivity contribution >= 4 is 5.91 Å². The molecule has 2 rings (SSSR count). The highest BCUT2D eigenvalue weighted by Gasteiger charge is 2.47. The minimum Gasteiger partial charge on any atom is -0.338 e. The van der Waals surface area contributed by atoms with Crippen molar-refractivity contribution in [2.75, 3.05) is 7.05 Å². The summed E-state index contributed by atoms with van der Waals surface area (Å²) in [6, 6.07) is 4.05. The zero-order valence-corrected chi connectivity index (χ0v) is 13.3. The third-order valence-electron chi connectivity index (χ3n) is 3.47. The molecule has 0 radical (unpaired) electrons. The first kappa shape index (κ1) is 16.6. The second-order valence-corrected chi connectivity index (χ2v) is 5.55. The molecular weight excluding hydrogens is 250 g/mol. The molecule has 1 fully saturated rings. The zero-order chi connectivity index (χ0) is 15.3. The third-order valence-corrected chi connectivity index (χ3v) is 3.47. The highest BCUT2D eigenvalue weighted by atomic mass is 16.2. The molecule has 1 aliphatic carbocycles. The average Bonchev–Trinajstić information content (AvgIpc) is 3.20. The van der Waals surface area contributed by atoms with Gasteiger partial charge in [0.2, 0.25) is 5.91 Å². The minimum absolute atomic E-state index is 0.0252. The van der Waals surface area contributed by atoms with Crippen molar-refractivity contribution in [1.82, 2.24) is 9.88 Å². The average molecular weight is 277 g/mol. The Morgan fingerprint density at radius 1 is 1.40 bits per heavy atom. The van der Waals surface area contributed by atoms with Gasteiger partial charge in [0.25, 0.3) is 0 Å². The van der Waals surface area contributed by atoms with Crippen LogP contribution in [0.25, 0.3) is 0 Å². The molecule has 1 aliphatic rings. The number of amides is 1. The summed E-state index contributed by atoms with van der Waals surface area (Å²) in [5.74, 6) is 0.502. The SMILES string of the molecule is CC.CC(C)c1ccc(CN(C)C(=O)C2(N)CC2)nc1. The molecule has 0 unspecified atom stereocenters. The number of pyridine rings is 1. The molecule has 0 bridgehead atoms. The first-order chi connectivity index (χ1) is 9.42. The van der Waals surface area contributed by atoms with Crippen molar-refractivity contribution in [2.45, 2.75) is 58.5 Å². The van der Waals surface area contributed by atoms with Crippen LogP contribution in [0.5, 0.6) is 0 Å². The Labute approximate surface area is 122 Å². The predicted octanol–water partition coefficient (Wildman–Crippen LogP) is 2.68. The normalized spacial score (nSPS) is 15.3. The standard InChI is InChI=1S/C14H21N3O.C2H6/c1-10(2)11-4-5-12(16-8-11)9-17(3)13(18)14(15)6-7-14;1-2/h4-5,8,10H,6-7,9,15H2,1-3H3;1-2H3. The van der Waals surface area contributed by atoms with Crippen molar-refractivity contribution in [2.24, 2.45) is 5.73 Å². The van der Waals surface area contributed by atoms with Crippen LogP contribution in [0.2, 0.25) is 0 Å². The summed E-state index contributed by atoms with van der Waals surface area (Å²) in [5, 5.41) is 0. The number of likely N-dealkylation sites (N-methyl/N-ethyl adjacent to an activating group) is 1. The van der Waals surface area contributed by atoms with Gasteiger partial charge in [-0.2, -0.15) is 0 Å². The van der Waals surface area contributed by atoms with Crippen LogP contribution >= 0.6 is 0 Å². The Balaban J connectivity index is 0.000000956. The van der Waals surface area contributed by atoms with E-state index in [2.05, 4.69) is 24.9 Å². The van der Waals surface area contributed by atoms with E-state index in [-0.39, 0.29) is 5.91 Å². The van der Waals surface area contributed by atoms with Crippen LogP contribution in [0.15, 0.2) is 18.3 Å². The van der Waals surface area contributed by atoms with Gasteiger partial charge < -0.3 is 10.6 Å². The summed E-state index contributed by atoms with van der Waals surface area (Å²) in [7, 11) is 1.79. The van der Waals surface area contributed by atoms with Gasteiger partial charge in [-0.25, -0.2) is 0 Å². The largest absolute Gasteiger partial charge is 0.338 e. The van der Waals surface area contributed by atoms with Crippen molar-refractivity contribution in [3.63, 3.8) is 0 Å².